The number of hydrogen-bond acceptors (Lipinski definition) is 4. The van der Waals surface area contributed by atoms with Crippen LogP contribution in [0.1, 0.15) is 22.8 Å². The van der Waals surface area contributed by atoms with Crippen molar-refractivity contribution in [1.82, 2.24) is 5.32 Å². The molecule has 3 N–H and O–H groups in total. The Morgan fingerprint density at radius 3 is 2.79 bits per heavy atom. The number of ether oxygens (including phenoxy) is 2. The van der Waals surface area contributed by atoms with Crippen molar-refractivity contribution in [2.75, 3.05) is 19.7 Å². The van der Waals surface area contributed by atoms with Crippen LogP contribution >= 0.6 is 0 Å². The summed E-state index contributed by atoms with van der Waals surface area (Å²) < 4.78 is 11.4. The maximum atomic E-state index is 10.9. The highest BCUT2D eigenvalue weighted by atomic mass is 16.5. The molecule has 1 aromatic carbocycles. The van der Waals surface area contributed by atoms with Crippen molar-refractivity contribution in [3.63, 3.8) is 0 Å². The number of amides is 1. The van der Waals surface area contributed by atoms with Crippen molar-refractivity contribution in [3.05, 3.63) is 35.4 Å². The van der Waals surface area contributed by atoms with Crippen molar-refractivity contribution in [1.29, 1.82) is 0 Å². The molecule has 1 fully saturated rings. The van der Waals surface area contributed by atoms with Gasteiger partial charge in [0.15, 0.2) is 0 Å². The van der Waals surface area contributed by atoms with Gasteiger partial charge in [-0.3, -0.25) is 4.79 Å². The van der Waals surface area contributed by atoms with Gasteiger partial charge in [0, 0.05) is 18.7 Å². The van der Waals surface area contributed by atoms with Crippen LogP contribution in [0.3, 0.4) is 0 Å². The molecular weight excluding hydrogens is 244 g/mol. The van der Waals surface area contributed by atoms with Crippen molar-refractivity contribution in [2.45, 2.75) is 25.7 Å². The van der Waals surface area contributed by atoms with E-state index in [1.807, 2.05) is 19.1 Å². The zero-order valence-electron chi connectivity index (χ0n) is 11.1. The van der Waals surface area contributed by atoms with Crippen molar-refractivity contribution < 1.29 is 14.3 Å². The Bertz CT molecular complexity index is 419. The van der Waals surface area contributed by atoms with Gasteiger partial charge in [-0.15, -0.1) is 0 Å². The Balaban J connectivity index is 1.74. The molecule has 1 aliphatic heterocycles. The van der Waals surface area contributed by atoms with Gasteiger partial charge in [0.05, 0.1) is 25.4 Å². The van der Waals surface area contributed by atoms with Gasteiger partial charge in [0.1, 0.15) is 0 Å². The highest BCUT2D eigenvalue weighted by molar-refractivity contribution is 5.92. The standard InChI is InChI=1S/C14H20N2O3/c1-10-6-16-7-13(19-10)9-18-8-11-2-4-12(5-3-11)14(15)17/h2-5,10,13,16H,6-9H2,1H3,(H2,15,17). The minimum atomic E-state index is -0.414. The number of carbonyl (C=O) groups is 1. The zero-order valence-corrected chi connectivity index (χ0v) is 11.1. The van der Waals surface area contributed by atoms with E-state index in [-0.39, 0.29) is 12.2 Å². The molecule has 0 radical (unpaired) electrons. The molecule has 5 nitrogen and oxygen atoms in total. The Morgan fingerprint density at radius 1 is 1.42 bits per heavy atom. The molecular formula is C14H20N2O3. The summed E-state index contributed by atoms with van der Waals surface area (Å²) in [5.74, 6) is -0.414. The third kappa shape index (κ3) is 4.31. The summed E-state index contributed by atoms with van der Waals surface area (Å²) in [6, 6.07) is 7.12. The van der Waals surface area contributed by atoms with Crippen LogP contribution in [0, 0.1) is 0 Å². The van der Waals surface area contributed by atoms with Crippen molar-refractivity contribution in [3.8, 4) is 0 Å². The smallest absolute Gasteiger partial charge is 0.248 e. The third-order valence-corrected chi connectivity index (χ3v) is 3.04. The van der Waals surface area contributed by atoms with Crippen molar-refractivity contribution >= 4 is 5.91 Å². The average Bonchev–Trinajstić information content (AvgIpc) is 2.39. The first-order valence-electron chi connectivity index (χ1n) is 6.48. The SMILES string of the molecule is CC1CNCC(COCc2ccc(C(N)=O)cc2)O1. The number of nitrogens with two attached hydrogens (primary N) is 1. The lowest BCUT2D eigenvalue weighted by Crippen LogP contribution is -2.45. The summed E-state index contributed by atoms with van der Waals surface area (Å²) >= 11 is 0. The highest BCUT2D eigenvalue weighted by Crippen LogP contribution is 2.08. The average molecular weight is 264 g/mol. The number of hydrogen-bond donors (Lipinski definition) is 2. The molecule has 0 spiro atoms. The van der Waals surface area contributed by atoms with Gasteiger partial charge < -0.3 is 20.5 Å². The van der Waals surface area contributed by atoms with E-state index in [0.29, 0.717) is 18.8 Å². The van der Waals surface area contributed by atoms with Gasteiger partial charge in [-0.1, -0.05) is 12.1 Å². The van der Waals surface area contributed by atoms with E-state index in [4.69, 9.17) is 15.2 Å². The maximum Gasteiger partial charge on any atom is 0.248 e. The monoisotopic (exact) mass is 264 g/mol. The second-order valence-corrected chi connectivity index (χ2v) is 4.80. The summed E-state index contributed by atoms with van der Waals surface area (Å²) in [6.45, 7) is 4.83. The van der Waals surface area contributed by atoms with Gasteiger partial charge >= 0.3 is 0 Å². The maximum absolute atomic E-state index is 10.9. The van der Waals surface area contributed by atoms with Crippen LogP contribution < -0.4 is 11.1 Å². The topological polar surface area (TPSA) is 73.6 Å². The van der Waals surface area contributed by atoms with Crippen LogP contribution in [-0.4, -0.2) is 37.8 Å². The van der Waals surface area contributed by atoms with Gasteiger partial charge in [-0.2, -0.15) is 0 Å². The van der Waals surface area contributed by atoms with Gasteiger partial charge in [-0.25, -0.2) is 0 Å². The first kappa shape index (κ1) is 14.0. The summed E-state index contributed by atoms with van der Waals surface area (Å²) in [6.07, 6.45) is 0.339. The van der Waals surface area contributed by atoms with Crippen LogP contribution in [0.15, 0.2) is 24.3 Å². The number of benzene rings is 1. The fraction of sp³-hybridized carbons (Fsp3) is 0.500. The molecule has 1 aliphatic rings. The number of carbonyl (C=O) groups excluding carboxylic acids is 1. The fourth-order valence-corrected chi connectivity index (χ4v) is 2.04. The van der Waals surface area contributed by atoms with E-state index in [1.54, 1.807) is 12.1 Å². The van der Waals surface area contributed by atoms with Crippen LogP contribution in [0.5, 0.6) is 0 Å². The quantitative estimate of drug-likeness (QED) is 0.820. The van der Waals surface area contributed by atoms with Crippen LogP contribution in [0.25, 0.3) is 0 Å². The molecule has 2 atom stereocenters. The van der Waals surface area contributed by atoms with Crippen molar-refractivity contribution in [2.24, 2.45) is 5.73 Å². The Morgan fingerprint density at radius 2 is 2.16 bits per heavy atom. The molecule has 19 heavy (non-hydrogen) atoms. The van der Waals surface area contributed by atoms with Gasteiger partial charge in [0.2, 0.25) is 5.91 Å². The Hall–Kier alpha value is -1.43. The highest BCUT2D eigenvalue weighted by Gasteiger charge is 2.18. The predicted octanol–water partition coefficient (Wildman–Crippen LogP) is 0.679. The zero-order chi connectivity index (χ0) is 13.7. The molecule has 0 aromatic heterocycles. The minimum absolute atomic E-state index is 0.105. The molecule has 2 unspecified atom stereocenters. The Labute approximate surface area is 113 Å². The second kappa shape index (κ2) is 6.65. The van der Waals surface area contributed by atoms with E-state index in [2.05, 4.69) is 5.32 Å². The summed E-state index contributed by atoms with van der Waals surface area (Å²) in [5.41, 5.74) is 6.71. The molecule has 1 aromatic rings. The van der Waals surface area contributed by atoms with E-state index < -0.39 is 5.91 Å². The summed E-state index contributed by atoms with van der Waals surface area (Å²) in [4.78, 5) is 10.9. The first-order chi connectivity index (χ1) is 9.15. The molecule has 1 heterocycles. The Kier molecular flexibility index (Phi) is 4.90. The van der Waals surface area contributed by atoms with Crippen LogP contribution in [-0.2, 0) is 16.1 Å². The van der Waals surface area contributed by atoms with Gasteiger partial charge in [-0.05, 0) is 24.6 Å². The molecule has 5 heteroatoms. The third-order valence-electron chi connectivity index (χ3n) is 3.04. The number of nitrogens with one attached hydrogen (secondary N) is 1. The molecule has 0 saturated carbocycles. The number of rotatable bonds is 5. The molecule has 2 rings (SSSR count). The van der Waals surface area contributed by atoms with Crippen LogP contribution in [0.2, 0.25) is 0 Å². The predicted molar refractivity (Wildman–Crippen MR) is 71.8 cm³/mol. The largest absolute Gasteiger partial charge is 0.374 e. The lowest BCUT2D eigenvalue weighted by atomic mass is 10.1. The number of morpholine rings is 1. The summed E-state index contributed by atoms with van der Waals surface area (Å²) in [5, 5.41) is 3.30. The molecule has 0 aliphatic carbocycles. The van der Waals surface area contributed by atoms with E-state index >= 15 is 0 Å². The number of primary amides is 1. The molecule has 1 amide bonds. The van der Waals surface area contributed by atoms with E-state index in [1.165, 1.54) is 0 Å². The molecule has 0 bridgehead atoms. The summed E-state index contributed by atoms with van der Waals surface area (Å²) in [7, 11) is 0. The van der Waals surface area contributed by atoms with E-state index in [0.717, 1.165) is 18.7 Å². The molecule has 1 saturated heterocycles. The van der Waals surface area contributed by atoms with E-state index in [9.17, 15) is 4.79 Å². The van der Waals surface area contributed by atoms with Gasteiger partial charge in [0.25, 0.3) is 0 Å². The minimum Gasteiger partial charge on any atom is -0.374 e. The lowest BCUT2D eigenvalue weighted by molar-refractivity contribution is -0.0716. The first-order valence-corrected chi connectivity index (χ1v) is 6.48. The molecule has 104 valence electrons. The van der Waals surface area contributed by atoms with Crippen LogP contribution in [0.4, 0.5) is 0 Å². The normalized spacial score (nSPS) is 23.2. The fourth-order valence-electron chi connectivity index (χ4n) is 2.04. The second-order valence-electron chi connectivity index (χ2n) is 4.80. The lowest BCUT2D eigenvalue weighted by Gasteiger charge is -2.28.